The van der Waals surface area contributed by atoms with E-state index in [4.69, 9.17) is 9.47 Å². The third-order valence-electron chi connectivity index (χ3n) is 6.05. The van der Waals surface area contributed by atoms with Crippen molar-refractivity contribution in [3.05, 3.63) is 23.8 Å². The smallest absolute Gasteiger partial charge is 0.122 e. The molecule has 1 fully saturated rings. The van der Waals surface area contributed by atoms with Crippen LogP contribution < -0.4 is 9.47 Å². The number of benzene rings is 1. The van der Waals surface area contributed by atoms with Gasteiger partial charge in [-0.2, -0.15) is 0 Å². The molecule has 0 spiro atoms. The molecule has 0 amide bonds. The maximum atomic E-state index is 11.2. The van der Waals surface area contributed by atoms with Gasteiger partial charge in [0.25, 0.3) is 0 Å². The largest absolute Gasteiger partial charge is 0.497 e. The summed E-state index contributed by atoms with van der Waals surface area (Å²) in [6, 6.07) is 5.44. The van der Waals surface area contributed by atoms with Crippen molar-refractivity contribution in [2.45, 2.75) is 58.7 Å². The van der Waals surface area contributed by atoms with Crippen LogP contribution in [0.25, 0.3) is 0 Å². The fraction of sp³-hybridized carbons (Fsp3) is 0.700. The zero-order chi connectivity index (χ0) is 18.1. The summed E-state index contributed by atoms with van der Waals surface area (Å²) in [5.41, 5.74) is -0.363. The van der Waals surface area contributed by atoms with E-state index in [9.17, 15) is 10.2 Å². The minimum absolute atomic E-state index is 0.174. The molecule has 0 aromatic heterocycles. The molecular formula is C20H32O4. The number of hydrogen-bond donors (Lipinski definition) is 2. The summed E-state index contributed by atoms with van der Waals surface area (Å²) in [4.78, 5) is 0. The van der Waals surface area contributed by atoms with E-state index in [0.717, 1.165) is 18.4 Å². The maximum absolute atomic E-state index is 11.2. The third kappa shape index (κ3) is 3.40. The van der Waals surface area contributed by atoms with E-state index in [1.54, 1.807) is 20.3 Å². The standard InChI is InChI=1S/C20H32O4/c1-7-14-8-9-20(4,22)18(19(14,2)3)17(21)13-10-15(23-5)12-16(11-13)24-6/h10-12,14,17-18,21-22H,7-9H2,1-6H3. The summed E-state index contributed by atoms with van der Waals surface area (Å²) in [5, 5.41) is 22.2. The number of rotatable bonds is 5. The van der Waals surface area contributed by atoms with Crippen LogP contribution in [0.4, 0.5) is 0 Å². The summed E-state index contributed by atoms with van der Waals surface area (Å²) >= 11 is 0. The first-order valence-corrected chi connectivity index (χ1v) is 8.80. The van der Waals surface area contributed by atoms with Crippen LogP contribution in [0.1, 0.15) is 58.6 Å². The van der Waals surface area contributed by atoms with Gasteiger partial charge in [-0.25, -0.2) is 0 Å². The lowest BCUT2D eigenvalue weighted by Crippen LogP contribution is -2.53. The Bertz CT molecular complexity index is 543. The molecule has 1 aromatic rings. The summed E-state index contributed by atoms with van der Waals surface area (Å²) in [5.74, 6) is 1.50. The Morgan fingerprint density at radius 3 is 2.12 bits per heavy atom. The number of aliphatic hydroxyl groups excluding tert-OH is 1. The van der Waals surface area contributed by atoms with Gasteiger partial charge in [0.1, 0.15) is 11.5 Å². The Labute approximate surface area is 145 Å². The molecule has 0 heterocycles. The molecule has 2 rings (SSSR count). The number of methoxy groups -OCH3 is 2. The number of ether oxygens (including phenoxy) is 2. The Hall–Kier alpha value is -1.26. The van der Waals surface area contributed by atoms with Crippen LogP contribution in [-0.2, 0) is 0 Å². The molecule has 1 aliphatic rings. The normalized spacial score (nSPS) is 30.7. The van der Waals surface area contributed by atoms with Crippen molar-refractivity contribution >= 4 is 0 Å². The minimum Gasteiger partial charge on any atom is -0.497 e. The summed E-state index contributed by atoms with van der Waals surface area (Å²) in [7, 11) is 3.19. The van der Waals surface area contributed by atoms with Crippen LogP contribution >= 0.6 is 0 Å². The molecule has 2 N–H and O–H groups in total. The lowest BCUT2D eigenvalue weighted by Gasteiger charge is -2.54. The van der Waals surface area contributed by atoms with Gasteiger partial charge in [-0.1, -0.05) is 27.2 Å². The van der Waals surface area contributed by atoms with E-state index in [1.165, 1.54) is 0 Å². The topological polar surface area (TPSA) is 58.9 Å². The predicted molar refractivity (Wildman–Crippen MR) is 95.4 cm³/mol. The predicted octanol–water partition coefficient (Wildman–Crippen LogP) is 3.95. The molecule has 1 saturated carbocycles. The Morgan fingerprint density at radius 2 is 1.67 bits per heavy atom. The highest BCUT2D eigenvalue weighted by molar-refractivity contribution is 5.40. The quantitative estimate of drug-likeness (QED) is 0.855. The highest BCUT2D eigenvalue weighted by atomic mass is 16.5. The number of aliphatic hydroxyl groups is 2. The van der Waals surface area contributed by atoms with E-state index >= 15 is 0 Å². The Kier molecular flexibility index (Phi) is 5.50. The summed E-state index contributed by atoms with van der Waals surface area (Å²) < 4.78 is 10.7. The van der Waals surface area contributed by atoms with Crippen LogP contribution in [0.3, 0.4) is 0 Å². The van der Waals surface area contributed by atoms with Crippen LogP contribution in [0.15, 0.2) is 18.2 Å². The van der Waals surface area contributed by atoms with E-state index in [2.05, 4.69) is 20.8 Å². The average molecular weight is 336 g/mol. The van der Waals surface area contributed by atoms with Crippen LogP contribution in [0.5, 0.6) is 11.5 Å². The van der Waals surface area contributed by atoms with Gasteiger partial charge in [0.2, 0.25) is 0 Å². The Balaban J connectivity index is 2.46. The highest BCUT2D eigenvalue weighted by Gasteiger charge is 2.53. The molecule has 24 heavy (non-hydrogen) atoms. The molecule has 4 nitrogen and oxygen atoms in total. The van der Waals surface area contributed by atoms with Crippen molar-refractivity contribution in [1.82, 2.24) is 0 Å². The molecule has 1 aromatic carbocycles. The van der Waals surface area contributed by atoms with Gasteiger partial charge in [0, 0.05) is 12.0 Å². The van der Waals surface area contributed by atoms with Gasteiger partial charge in [0.15, 0.2) is 0 Å². The van der Waals surface area contributed by atoms with Crippen molar-refractivity contribution in [2.24, 2.45) is 17.3 Å². The fourth-order valence-electron chi connectivity index (χ4n) is 4.72. The maximum Gasteiger partial charge on any atom is 0.122 e. The molecular weight excluding hydrogens is 304 g/mol. The number of hydrogen-bond acceptors (Lipinski definition) is 4. The third-order valence-corrected chi connectivity index (χ3v) is 6.05. The van der Waals surface area contributed by atoms with Crippen molar-refractivity contribution in [1.29, 1.82) is 0 Å². The first-order chi connectivity index (χ1) is 11.2. The van der Waals surface area contributed by atoms with Crippen molar-refractivity contribution in [2.75, 3.05) is 14.2 Å². The van der Waals surface area contributed by atoms with Gasteiger partial charge >= 0.3 is 0 Å². The summed E-state index contributed by atoms with van der Waals surface area (Å²) in [6.45, 7) is 8.37. The molecule has 0 saturated heterocycles. The van der Waals surface area contributed by atoms with E-state index in [1.807, 2.05) is 19.1 Å². The van der Waals surface area contributed by atoms with E-state index in [-0.39, 0.29) is 11.3 Å². The van der Waals surface area contributed by atoms with Gasteiger partial charge in [0.05, 0.1) is 25.9 Å². The van der Waals surface area contributed by atoms with Gasteiger partial charge in [-0.05, 0) is 48.8 Å². The molecule has 0 bridgehead atoms. The SMILES string of the molecule is CCC1CCC(C)(O)C(C(O)c2cc(OC)cc(OC)c2)C1(C)C. The van der Waals surface area contributed by atoms with Crippen molar-refractivity contribution in [3.63, 3.8) is 0 Å². The zero-order valence-electron chi connectivity index (χ0n) is 15.8. The first-order valence-electron chi connectivity index (χ1n) is 8.80. The molecule has 4 unspecified atom stereocenters. The minimum atomic E-state index is -0.912. The van der Waals surface area contributed by atoms with E-state index in [0.29, 0.717) is 23.8 Å². The second kappa shape index (κ2) is 6.93. The van der Waals surface area contributed by atoms with Crippen LogP contribution in [-0.4, -0.2) is 30.0 Å². The molecule has 1 aliphatic carbocycles. The molecule has 0 radical (unpaired) electrons. The second-order valence-electron chi connectivity index (χ2n) is 7.89. The summed E-state index contributed by atoms with van der Waals surface area (Å²) in [6.07, 6.45) is 1.96. The van der Waals surface area contributed by atoms with Gasteiger partial charge in [-0.3, -0.25) is 0 Å². The second-order valence-corrected chi connectivity index (χ2v) is 7.89. The average Bonchev–Trinajstić information content (AvgIpc) is 2.53. The van der Waals surface area contributed by atoms with E-state index < -0.39 is 11.7 Å². The molecule has 136 valence electrons. The van der Waals surface area contributed by atoms with Gasteiger partial charge < -0.3 is 19.7 Å². The van der Waals surface area contributed by atoms with Crippen molar-refractivity contribution in [3.8, 4) is 11.5 Å². The van der Waals surface area contributed by atoms with Crippen molar-refractivity contribution < 1.29 is 19.7 Å². The lowest BCUT2D eigenvalue weighted by atomic mass is 9.54. The van der Waals surface area contributed by atoms with Gasteiger partial charge in [-0.15, -0.1) is 0 Å². The zero-order valence-corrected chi connectivity index (χ0v) is 15.8. The van der Waals surface area contributed by atoms with Crippen LogP contribution in [0.2, 0.25) is 0 Å². The molecule has 4 atom stereocenters. The fourth-order valence-corrected chi connectivity index (χ4v) is 4.72. The highest BCUT2D eigenvalue weighted by Crippen LogP contribution is 2.55. The Morgan fingerprint density at radius 1 is 1.12 bits per heavy atom. The lowest BCUT2D eigenvalue weighted by molar-refractivity contribution is -0.161. The van der Waals surface area contributed by atoms with Crippen LogP contribution in [0, 0.1) is 17.3 Å². The molecule has 0 aliphatic heterocycles. The molecule has 4 heteroatoms. The first kappa shape index (κ1) is 19.1. The monoisotopic (exact) mass is 336 g/mol.